The first-order valence-electron chi connectivity index (χ1n) is 2.76. The predicted molar refractivity (Wildman–Crippen MR) is 32.7 cm³/mol. The lowest BCUT2D eigenvalue weighted by Gasteiger charge is -2.31. The lowest BCUT2D eigenvalue weighted by atomic mass is 10.2. The van der Waals surface area contributed by atoms with E-state index in [2.05, 4.69) is 0 Å². The second kappa shape index (κ2) is 1.50. The number of hydrogen-bond acceptors (Lipinski definition) is 3. The second-order valence-electron chi connectivity index (χ2n) is 2.17. The maximum absolute atomic E-state index is 10.6. The monoisotopic (exact) mass is 143 g/mol. The van der Waals surface area contributed by atoms with Gasteiger partial charge >= 0.3 is 0 Å². The van der Waals surface area contributed by atoms with Gasteiger partial charge in [-0.3, -0.25) is 9.59 Å². The number of fused-ring (bicyclic) bond motifs is 1. The molecule has 1 atom stereocenters. The van der Waals surface area contributed by atoms with E-state index in [9.17, 15) is 9.59 Å². The molecule has 0 aromatic heterocycles. The maximum atomic E-state index is 10.6. The van der Waals surface area contributed by atoms with Crippen molar-refractivity contribution < 1.29 is 9.59 Å². The van der Waals surface area contributed by atoms with Gasteiger partial charge in [0.05, 0.1) is 18.3 Å². The molecular weight excluding hydrogens is 138 g/mol. The molecule has 0 saturated carbocycles. The third kappa shape index (κ3) is 0.594. The highest BCUT2D eigenvalue weighted by atomic mass is 32.2. The van der Waals surface area contributed by atoms with Crippen LogP contribution in [0.1, 0.15) is 6.42 Å². The Hall–Kier alpha value is -0.510. The van der Waals surface area contributed by atoms with Crippen LogP contribution in [0.3, 0.4) is 0 Å². The zero-order valence-corrected chi connectivity index (χ0v) is 5.48. The Balaban J connectivity index is 2.16. The smallest absolute Gasteiger partial charge is 0.226 e. The molecule has 0 aromatic rings. The number of amides is 1. The number of thioether (sulfide) groups is 1. The molecule has 0 aliphatic carbocycles. The standard InChI is InChI=1S/C5H5NO2S/c7-3-1-4-6(3)2-5(8)9-4/h4H,1-2H2/t4-/m0/s1. The molecular formula is C5H5NO2S. The Bertz CT molecular complexity index is 189. The van der Waals surface area contributed by atoms with Gasteiger partial charge in [-0.05, 0) is 0 Å². The minimum atomic E-state index is 0.123. The van der Waals surface area contributed by atoms with Crippen molar-refractivity contribution in [2.24, 2.45) is 0 Å². The van der Waals surface area contributed by atoms with Crippen LogP contribution in [0, 0.1) is 0 Å². The van der Waals surface area contributed by atoms with E-state index in [1.165, 1.54) is 11.8 Å². The summed E-state index contributed by atoms with van der Waals surface area (Å²) in [6.45, 7) is 0.341. The van der Waals surface area contributed by atoms with Crippen molar-refractivity contribution in [3.63, 3.8) is 0 Å². The molecule has 9 heavy (non-hydrogen) atoms. The van der Waals surface area contributed by atoms with Crippen LogP contribution in [0.5, 0.6) is 0 Å². The molecule has 2 fully saturated rings. The van der Waals surface area contributed by atoms with Crippen LogP contribution in [-0.2, 0) is 9.59 Å². The van der Waals surface area contributed by atoms with Gasteiger partial charge in [0.1, 0.15) is 0 Å². The fraction of sp³-hybridized carbons (Fsp3) is 0.600. The van der Waals surface area contributed by atoms with Crippen LogP contribution < -0.4 is 0 Å². The summed E-state index contributed by atoms with van der Waals surface area (Å²) >= 11 is 1.29. The molecule has 4 heteroatoms. The lowest BCUT2D eigenvalue weighted by Crippen LogP contribution is -2.47. The van der Waals surface area contributed by atoms with Crippen molar-refractivity contribution in [3.8, 4) is 0 Å². The van der Waals surface area contributed by atoms with Crippen molar-refractivity contribution in [2.75, 3.05) is 6.54 Å². The molecule has 0 spiro atoms. The van der Waals surface area contributed by atoms with E-state index in [4.69, 9.17) is 0 Å². The van der Waals surface area contributed by atoms with Crippen molar-refractivity contribution >= 4 is 22.8 Å². The first-order valence-corrected chi connectivity index (χ1v) is 3.64. The summed E-state index contributed by atoms with van der Waals surface area (Å²) in [7, 11) is 0. The van der Waals surface area contributed by atoms with Gasteiger partial charge in [-0.2, -0.15) is 0 Å². The molecule has 0 bridgehead atoms. The van der Waals surface area contributed by atoms with E-state index in [1.54, 1.807) is 4.90 Å². The predicted octanol–water partition coefficient (Wildman–Crippen LogP) is -0.182. The van der Waals surface area contributed by atoms with Gasteiger partial charge in [0.25, 0.3) is 0 Å². The molecule has 0 N–H and O–H groups in total. The maximum Gasteiger partial charge on any atom is 0.226 e. The van der Waals surface area contributed by atoms with E-state index < -0.39 is 0 Å². The van der Waals surface area contributed by atoms with Crippen LogP contribution in [0.15, 0.2) is 0 Å². The van der Waals surface area contributed by atoms with Crippen molar-refractivity contribution in [3.05, 3.63) is 0 Å². The van der Waals surface area contributed by atoms with E-state index in [0.717, 1.165) is 0 Å². The SMILES string of the molecule is O=C1CN2C(=O)C[C@@H]2S1. The fourth-order valence-electron chi connectivity index (χ4n) is 1.05. The molecule has 2 aliphatic heterocycles. The van der Waals surface area contributed by atoms with Gasteiger partial charge in [-0.1, -0.05) is 11.8 Å². The average molecular weight is 143 g/mol. The third-order valence-electron chi connectivity index (χ3n) is 1.58. The minimum Gasteiger partial charge on any atom is -0.321 e. The largest absolute Gasteiger partial charge is 0.321 e. The summed E-state index contributed by atoms with van der Waals surface area (Å²) in [6.07, 6.45) is 0.566. The number of β-lactam (4-membered cyclic amide) rings is 1. The van der Waals surface area contributed by atoms with Crippen molar-refractivity contribution in [1.82, 2.24) is 4.90 Å². The van der Waals surface area contributed by atoms with Gasteiger partial charge in [-0.25, -0.2) is 0 Å². The molecule has 2 heterocycles. The number of carbonyl (C=O) groups is 2. The average Bonchev–Trinajstić information content (AvgIpc) is 2.08. The Morgan fingerprint density at radius 1 is 1.56 bits per heavy atom. The second-order valence-corrected chi connectivity index (χ2v) is 3.41. The molecule has 2 saturated heterocycles. The van der Waals surface area contributed by atoms with Crippen LogP contribution in [0.2, 0.25) is 0 Å². The summed E-state index contributed by atoms with van der Waals surface area (Å²) in [5, 5.41) is 0.329. The quantitative estimate of drug-likeness (QED) is 0.441. The number of hydrogen-bond donors (Lipinski definition) is 0. The zero-order chi connectivity index (χ0) is 6.43. The van der Waals surface area contributed by atoms with Gasteiger partial charge in [-0.15, -0.1) is 0 Å². The molecule has 2 aliphatic rings. The lowest BCUT2D eigenvalue weighted by molar-refractivity contribution is -0.141. The third-order valence-corrected chi connectivity index (χ3v) is 2.67. The Kier molecular flexibility index (Phi) is 0.883. The number of nitrogens with zero attached hydrogens (tertiary/aromatic N) is 1. The molecule has 1 amide bonds. The molecule has 0 unspecified atom stereocenters. The van der Waals surface area contributed by atoms with Crippen molar-refractivity contribution in [2.45, 2.75) is 11.8 Å². The Labute approximate surface area is 56.4 Å². The molecule has 3 nitrogen and oxygen atoms in total. The highest BCUT2D eigenvalue weighted by Gasteiger charge is 2.44. The Morgan fingerprint density at radius 2 is 2.33 bits per heavy atom. The summed E-state index contributed by atoms with van der Waals surface area (Å²) in [6, 6.07) is 0. The van der Waals surface area contributed by atoms with Crippen LogP contribution >= 0.6 is 11.8 Å². The molecule has 0 radical (unpaired) electrons. The van der Waals surface area contributed by atoms with Gasteiger partial charge in [0.2, 0.25) is 11.0 Å². The highest BCUT2D eigenvalue weighted by molar-refractivity contribution is 8.14. The molecule has 2 rings (SSSR count). The first kappa shape index (κ1) is 5.29. The summed E-state index contributed by atoms with van der Waals surface area (Å²) in [5.74, 6) is 0.123. The van der Waals surface area contributed by atoms with E-state index in [1.807, 2.05) is 0 Å². The number of rotatable bonds is 0. The van der Waals surface area contributed by atoms with Crippen LogP contribution in [0.4, 0.5) is 0 Å². The fourth-order valence-corrected chi connectivity index (χ4v) is 2.11. The van der Waals surface area contributed by atoms with Gasteiger partial charge < -0.3 is 4.90 Å². The summed E-state index contributed by atoms with van der Waals surface area (Å²) in [4.78, 5) is 22.9. The topological polar surface area (TPSA) is 37.4 Å². The van der Waals surface area contributed by atoms with E-state index >= 15 is 0 Å². The highest BCUT2D eigenvalue weighted by Crippen LogP contribution is 2.35. The Morgan fingerprint density at radius 3 is 2.78 bits per heavy atom. The molecule has 0 aromatic carbocycles. The zero-order valence-electron chi connectivity index (χ0n) is 4.66. The van der Waals surface area contributed by atoms with Gasteiger partial charge in [0, 0.05) is 0 Å². The summed E-state index contributed by atoms with van der Waals surface area (Å²) in [5.41, 5.74) is 0. The number of carbonyl (C=O) groups excluding carboxylic acids is 2. The molecule has 48 valence electrons. The van der Waals surface area contributed by atoms with Crippen LogP contribution in [-0.4, -0.2) is 27.8 Å². The van der Waals surface area contributed by atoms with E-state index in [-0.39, 0.29) is 16.4 Å². The minimum absolute atomic E-state index is 0.123. The summed E-state index contributed by atoms with van der Waals surface area (Å²) < 4.78 is 0. The normalized spacial score (nSPS) is 32.4. The van der Waals surface area contributed by atoms with Crippen LogP contribution in [0.25, 0.3) is 0 Å². The first-order chi connectivity index (χ1) is 4.27. The van der Waals surface area contributed by atoms with Crippen molar-refractivity contribution in [1.29, 1.82) is 0 Å². The van der Waals surface area contributed by atoms with E-state index in [0.29, 0.717) is 13.0 Å². The van der Waals surface area contributed by atoms with Gasteiger partial charge in [0.15, 0.2) is 0 Å².